The number of carbonyl (C=O) groups excluding carboxylic acids is 2. The van der Waals surface area contributed by atoms with Gasteiger partial charge in [-0.2, -0.15) is 0 Å². The van der Waals surface area contributed by atoms with Crippen molar-refractivity contribution in [2.45, 2.75) is 72.3 Å². The van der Waals surface area contributed by atoms with Crippen LogP contribution in [-0.4, -0.2) is 30.9 Å². The van der Waals surface area contributed by atoms with Gasteiger partial charge in [-0.25, -0.2) is 0 Å². The maximum atomic E-state index is 12.8. The molecule has 5 heteroatoms. The second-order valence-electron chi connectivity index (χ2n) is 7.79. The van der Waals surface area contributed by atoms with Gasteiger partial charge in [0, 0.05) is 36.4 Å². The predicted molar refractivity (Wildman–Crippen MR) is 112 cm³/mol. The minimum Gasteiger partial charge on any atom is -0.371 e. The molecule has 1 unspecified atom stereocenters. The third-order valence-electron chi connectivity index (χ3n) is 5.14. The maximum absolute atomic E-state index is 12.8. The molecular weight excluding hydrogens is 338 g/mol. The molecule has 0 saturated carbocycles. The molecule has 0 aliphatic carbocycles. The van der Waals surface area contributed by atoms with Crippen LogP contribution in [0.25, 0.3) is 0 Å². The molecule has 0 spiro atoms. The lowest BCUT2D eigenvalue weighted by atomic mass is 9.98. The molecule has 2 rings (SSSR count). The summed E-state index contributed by atoms with van der Waals surface area (Å²) in [5, 5.41) is 6.02. The van der Waals surface area contributed by atoms with Crippen molar-refractivity contribution >= 4 is 23.2 Å². The Balaban J connectivity index is 2.22. The molecule has 1 aliphatic heterocycles. The Kier molecular flexibility index (Phi) is 8.14. The van der Waals surface area contributed by atoms with E-state index < -0.39 is 0 Å². The van der Waals surface area contributed by atoms with E-state index in [1.807, 2.05) is 32.0 Å². The van der Waals surface area contributed by atoms with Crippen LogP contribution in [0.1, 0.15) is 76.6 Å². The summed E-state index contributed by atoms with van der Waals surface area (Å²) >= 11 is 0. The van der Waals surface area contributed by atoms with Crippen LogP contribution in [0, 0.1) is 5.92 Å². The zero-order chi connectivity index (χ0) is 19.8. The van der Waals surface area contributed by atoms with Gasteiger partial charge in [-0.15, -0.1) is 0 Å². The molecule has 1 heterocycles. The van der Waals surface area contributed by atoms with Crippen LogP contribution in [0.5, 0.6) is 0 Å². The fraction of sp³-hybridized carbons (Fsp3) is 0.636. The zero-order valence-electron chi connectivity index (χ0n) is 17.3. The minimum absolute atomic E-state index is 0.0242. The Morgan fingerprint density at radius 3 is 2.44 bits per heavy atom. The van der Waals surface area contributed by atoms with Crippen LogP contribution in [-0.2, 0) is 4.79 Å². The highest BCUT2D eigenvalue weighted by molar-refractivity contribution is 6.02. The number of amides is 2. The SMILES string of the molecule is CCCCC(CC)C(=O)Nc1ccc(N2CCCC2)c(C(=O)NC(C)C)c1. The average Bonchev–Trinajstić information content (AvgIpc) is 3.16. The summed E-state index contributed by atoms with van der Waals surface area (Å²) in [7, 11) is 0. The molecule has 5 nitrogen and oxygen atoms in total. The molecule has 0 bridgehead atoms. The first-order valence-corrected chi connectivity index (χ1v) is 10.5. The standard InChI is InChI=1S/C22H35N3O2/c1-5-7-10-17(6-2)21(26)24-18-11-12-20(25-13-8-9-14-25)19(15-18)22(27)23-16(3)4/h11-12,15-17H,5-10,13-14H2,1-4H3,(H,23,27)(H,24,26). The monoisotopic (exact) mass is 373 g/mol. The third-order valence-corrected chi connectivity index (χ3v) is 5.14. The maximum Gasteiger partial charge on any atom is 0.253 e. The highest BCUT2D eigenvalue weighted by atomic mass is 16.2. The van der Waals surface area contributed by atoms with Gasteiger partial charge in [0.25, 0.3) is 5.91 Å². The van der Waals surface area contributed by atoms with Gasteiger partial charge in [0.1, 0.15) is 0 Å². The van der Waals surface area contributed by atoms with Crippen molar-refractivity contribution in [1.82, 2.24) is 5.32 Å². The van der Waals surface area contributed by atoms with Gasteiger partial charge in [0.05, 0.1) is 5.56 Å². The second-order valence-corrected chi connectivity index (χ2v) is 7.79. The zero-order valence-corrected chi connectivity index (χ0v) is 17.3. The van der Waals surface area contributed by atoms with Crippen molar-refractivity contribution in [1.29, 1.82) is 0 Å². The summed E-state index contributed by atoms with van der Waals surface area (Å²) in [4.78, 5) is 27.6. The molecule has 150 valence electrons. The first-order chi connectivity index (χ1) is 13.0. The Morgan fingerprint density at radius 2 is 1.85 bits per heavy atom. The molecule has 2 amide bonds. The van der Waals surface area contributed by atoms with E-state index in [4.69, 9.17) is 0 Å². The minimum atomic E-state index is -0.0824. The summed E-state index contributed by atoms with van der Waals surface area (Å²) in [6.45, 7) is 10.1. The van der Waals surface area contributed by atoms with Gasteiger partial charge in [0.15, 0.2) is 0 Å². The number of benzene rings is 1. The molecular formula is C22H35N3O2. The number of anilines is 2. The van der Waals surface area contributed by atoms with Crippen LogP contribution in [0.3, 0.4) is 0 Å². The van der Waals surface area contributed by atoms with E-state index in [0.717, 1.165) is 57.3 Å². The molecule has 1 saturated heterocycles. The van der Waals surface area contributed by atoms with E-state index >= 15 is 0 Å². The van der Waals surface area contributed by atoms with E-state index in [1.54, 1.807) is 0 Å². The van der Waals surface area contributed by atoms with Gasteiger partial charge in [0.2, 0.25) is 5.91 Å². The molecule has 1 aliphatic rings. The summed E-state index contributed by atoms with van der Waals surface area (Å²) in [6.07, 6.45) is 6.19. The van der Waals surface area contributed by atoms with Crippen molar-refractivity contribution in [3.8, 4) is 0 Å². The normalized spacial score (nSPS) is 15.1. The molecule has 27 heavy (non-hydrogen) atoms. The third kappa shape index (κ3) is 5.98. The molecule has 1 atom stereocenters. The number of carbonyl (C=O) groups is 2. The number of rotatable bonds is 9. The van der Waals surface area contributed by atoms with Crippen LogP contribution in [0.2, 0.25) is 0 Å². The fourth-order valence-electron chi connectivity index (χ4n) is 3.58. The van der Waals surface area contributed by atoms with E-state index in [1.165, 1.54) is 0 Å². The molecule has 0 radical (unpaired) electrons. The van der Waals surface area contributed by atoms with E-state index in [0.29, 0.717) is 11.3 Å². The van der Waals surface area contributed by atoms with E-state index in [9.17, 15) is 9.59 Å². The molecule has 1 aromatic rings. The lowest BCUT2D eigenvalue weighted by Crippen LogP contribution is -2.32. The van der Waals surface area contributed by atoms with Gasteiger partial charge >= 0.3 is 0 Å². The van der Waals surface area contributed by atoms with E-state index in [2.05, 4.69) is 29.4 Å². The molecule has 2 N–H and O–H groups in total. The van der Waals surface area contributed by atoms with Gasteiger partial charge in [-0.05, 0) is 57.7 Å². The largest absolute Gasteiger partial charge is 0.371 e. The highest BCUT2D eigenvalue weighted by Crippen LogP contribution is 2.28. The van der Waals surface area contributed by atoms with Crippen molar-refractivity contribution in [2.24, 2.45) is 5.92 Å². The average molecular weight is 374 g/mol. The predicted octanol–water partition coefficient (Wildman–Crippen LogP) is 4.58. The van der Waals surface area contributed by atoms with Crippen molar-refractivity contribution < 1.29 is 9.59 Å². The number of hydrogen-bond acceptors (Lipinski definition) is 3. The summed E-state index contributed by atoms with van der Waals surface area (Å²) in [5.74, 6) is -0.00716. The Bertz CT molecular complexity index is 636. The summed E-state index contributed by atoms with van der Waals surface area (Å²) in [6, 6.07) is 5.80. The van der Waals surface area contributed by atoms with Gasteiger partial charge < -0.3 is 15.5 Å². The molecule has 1 fully saturated rings. The number of hydrogen-bond donors (Lipinski definition) is 2. The van der Waals surface area contributed by atoms with E-state index in [-0.39, 0.29) is 23.8 Å². The van der Waals surface area contributed by atoms with Crippen LogP contribution < -0.4 is 15.5 Å². The lowest BCUT2D eigenvalue weighted by Gasteiger charge is -2.23. The number of nitrogens with one attached hydrogen (secondary N) is 2. The first-order valence-electron chi connectivity index (χ1n) is 10.5. The van der Waals surface area contributed by atoms with Crippen molar-refractivity contribution in [3.05, 3.63) is 23.8 Å². The summed E-state index contributed by atoms with van der Waals surface area (Å²) < 4.78 is 0. The van der Waals surface area contributed by atoms with Crippen LogP contribution in [0.4, 0.5) is 11.4 Å². The van der Waals surface area contributed by atoms with Crippen LogP contribution in [0.15, 0.2) is 18.2 Å². The smallest absolute Gasteiger partial charge is 0.253 e. The lowest BCUT2D eigenvalue weighted by molar-refractivity contribution is -0.120. The van der Waals surface area contributed by atoms with Gasteiger partial charge in [-0.3, -0.25) is 9.59 Å². The van der Waals surface area contributed by atoms with Crippen molar-refractivity contribution in [2.75, 3.05) is 23.3 Å². The van der Waals surface area contributed by atoms with Crippen molar-refractivity contribution in [3.63, 3.8) is 0 Å². The number of nitrogens with zero attached hydrogens (tertiary/aromatic N) is 1. The Labute approximate surface area is 163 Å². The Hall–Kier alpha value is -2.04. The van der Waals surface area contributed by atoms with Crippen LogP contribution >= 0.6 is 0 Å². The fourth-order valence-corrected chi connectivity index (χ4v) is 3.58. The quantitative estimate of drug-likeness (QED) is 0.666. The number of unbranched alkanes of at least 4 members (excludes halogenated alkanes) is 1. The second kappa shape index (κ2) is 10.3. The highest BCUT2D eigenvalue weighted by Gasteiger charge is 2.22. The summed E-state index contributed by atoms with van der Waals surface area (Å²) in [5.41, 5.74) is 2.30. The Morgan fingerprint density at radius 1 is 1.15 bits per heavy atom. The topological polar surface area (TPSA) is 61.4 Å². The molecule has 1 aromatic carbocycles. The van der Waals surface area contributed by atoms with Gasteiger partial charge in [-0.1, -0.05) is 26.7 Å². The molecule has 0 aromatic heterocycles. The first kappa shape index (κ1) is 21.3.